The van der Waals surface area contributed by atoms with Crippen LogP contribution >= 0.6 is 0 Å². The molecule has 1 amide bonds. The van der Waals surface area contributed by atoms with Crippen molar-refractivity contribution in [1.82, 2.24) is 0 Å². The van der Waals surface area contributed by atoms with E-state index >= 15 is 0 Å². The highest BCUT2D eigenvalue weighted by Gasteiger charge is 2.19. The Hall–Kier alpha value is -3.35. The highest BCUT2D eigenvalue weighted by molar-refractivity contribution is 5.96. The van der Waals surface area contributed by atoms with Crippen molar-refractivity contribution in [2.45, 2.75) is 26.4 Å². The van der Waals surface area contributed by atoms with E-state index in [9.17, 15) is 14.4 Å². The molecule has 0 aliphatic rings. The van der Waals surface area contributed by atoms with Crippen LogP contribution in [0.5, 0.6) is 11.5 Å². The molecule has 0 aliphatic carbocycles. The zero-order valence-electron chi connectivity index (χ0n) is 16.1. The Kier molecular flexibility index (Phi) is 7.56. The Morgan fingerprint density at radius 2 is 1.71 bits per heavy atom. The van der Waals surface area contributed by atoms with Crippen molar-refractivity contribution in [3.8, 4) is 11.5 Å². The maximum absolute atomic E-state index is 12.2. The number of hydrogen-bond donors (Lipinski definition) is 1. The Labute approximate surface area is 163 Å². The average molecular weight is 385 g/mol. The molecule has 7 heteroatoms. The predicted molar refractivity (Wildman–Crippen MR) is 104 cm³/mol. The van der Waals surface area contributed by atoms with Crippen LogP contribution in [0.15, 0.2) is 48.5 Å². The summed E-state index contributed by atoms with van der Waals surface area (Å²) in [5.41, 5.74) is 1.06. The second-order valence-corrected chi connectivity index (χ2v) is 5.91. The Balaban J connectivity index is 1.83. The molecule has 0 saturated heterocycles. The molecule has 2 aromatic rings. The third kappa shape index (κ3) is 5.84. The maximum atomic E-state index is 12.2. The van der Waals surface area contributed by atoms with Gasteiger partial charge in [0.15, 0.2) is 18.5 Å². The average Bonchev–Trinajstić information content (AvgIpc) is 2.72. The largest absolute Gasteiger partial charge is 0.495 e. The van der Waals surface area contributed by atoms with E-state index in [1.807, 2.05) is 0 Å². The molecule has 2 aromatic carbocycles. The second kappa shape index (κ2) is 10.1. The van der Waals surface area contributed by atoms with Crippen molar-refractivity contribution >= 4 is 23.3 Å². The number of ketones is 1. The number of ether oxygens (including phenoxy) is 3. The third-order valence-corrected chi connectivity index (χ3v) is 3.90. The fourth-order valence-corrected chi connectivity index (χ4v) is 2.35. The van der Waals surface area contributed by atoms with Gasteiger partial charge in [-0.2, -0.15) is 0 Å². The van der Waals surface area contributed by atoms with Gasteiger partial charge < -0.3 is 19.5 Å². The number of Topliss-reactive ketones (excluding diaryl/α,β-unsaturated/α-hetero) is 1. The molecule has 7 nitrogen and oxygen atoms in total. The number of esters is 1. The van der Waals surface area contributed by atoms with Gasteiger partial charge in [0.2, 0.25) is 0 Å². The van der Waals surface area contributed by atoms with Gasteiger partial charge in [0.25, 0.3) is 5.91 Å². The Bertz CT molecular complexity index is 831. The Morgan fingerprint density at radius 3 is 2.36 bits per heavy atom. The highest BCUT2D eigenvalue weighted by atomic mass is 16.6. The molecular formula is C21H23NO6. The van der Waals surface area contributed by atoms with Crippen LogP contribution < -0.4 is 14.8 Å². The van der Waals surface area contributed by atoms with Crippen molar-refractivity contribution in [3.63, 3.8) is 0 Å². The van der Waals surface area contributed by atoms with Gasteiger partial charge >= 0.3 is 5.97 Å². The van der Waals surface area contributed by atoms with Crippen molar-refractivity contribution < 1.29 is 28.6 Å². The second-order valence-electron chi connectivity index (χ2n) is 5.91. The molecule has 2 rings (SSSR count). The van der Waals surface area contributed by atoms with E-state index < -0.39 is 18.0 Å². The molecule has 0 fully saturated rings. The predicted octanol–water partition coefficient (Wildman–Crippen LogP) is 3.24. The lowest BCUT2D eigenvalue weighted by Gasteiger charge is -2.15. The van der Waals surface area contributed by atoms with Gasteiger partial charge in [-0.15, -0.1) is 0 Å². The fraction of sp³-hybridized carbons (Fsp3) is 0.286. The van der Waals surface area contributed by atoms with E-state index in [1.165, 1.54) is 14.0 Å². The zero-order chi connectivity index (χ0) is 20.5. The SMILES string of the molecule is CCC(=O)c1ccc(OCC(=O)OC(C)C(=O)Nc2ccccc2OC)cc1. The molecule has 0 radical (unpaired) electrons. The summed E-state index contributed by atoms with van der Waals surface area (Å²) >= 11 is 0. The summed E-state index contributed by atoms with van der Waals surface area (Å²) in [4.78, 5) is 35.7. The van der Waals surface area contributed by atoms with E-state index in [0.29, 0.717) is 29.2 Å². The molecule has 1 atom stereocenters. The third-order valence-electron chi connectivity index (χ3n) is 3.90. The summed E-state index contributed by atoms with van der Waals surface area (Å²) in [6.45, 7) is 2.90. The van der Waals surface area contributed by atoms with E-state index in [1.54, 1.807) is 55.5 Å². The summed E-state index contributed by atoms with van der Waals surface area (Å²) in [7, 11) is 1.50. The minimum Gasteiger partial charge on any atom is -0.495 e. The lowest BCUT2D eigenvalue weighted by Crippen LogP contribution is -2.31. The number of rotatable bonds is 9. The van der Waals surface area contributed by atoms with Crippen LogP contribution in [-0.4, -0.2) is 37.5 Å². The first kappa shape index (κ1) is 21.0. The van der Waals surface area contributed by atoms with Crippen molar-refractivity contribution in [2.24, 2.45) is 0 Å². The van der Waals surface area contributed by atoms with E-state index in [0.717, 1.165) is 0 Å². The smallest absolute Gasteiger partial charge is 0.344 e. The van der Waals surface area contributed by atoms with E-state index in [2.05, 4.69) is 5.32 Å². The fourth-order valence-electron chi connectivity index (χ4n) is 2.35. The number of carbonyl (C=O) groups excluding carboxylic acids is 3. The van der Waals surface area contributed by atoms with Gasteiger partial charge in [0.1, 0.15) is 11.5 Å². The van der Waals surface area contributed by atoms with E-state index in [4.69, 9.17) is 14.2 Å². The molecule has 148 valence electrons. The number of amides is 1. The number of anilines is 1. The normalized spacial score (nSPS) is 11.2. The minimum atomic E-state index is -1.01. The van der Waals surface area contributed by atoms with Crippen LogP contribution in [0, 0.1) is 0 Å². The number of nitrogens with one attached hydrogen (secondary N) is 1. The van der Waals surface area contributed by atoms with Crippen LogP contribution in [-0.2, 0) is 14.3 Å². The summed E-state index contributed by atoms with van der Waals surface area (Å²) in [6, 6.07) is 13.4. The molecule has 0 heterocycles. The number of hydrogen-bond acceptors (Lipinski definition) is 6. The first-order valence-electron chi connectivity index (χ1n) is 8.84. The molecular weight excluding hydrogens is 362 g/mol. The minimum absolute atomic E-state index is 0.0286. The molecule has 1 N–H and O–H groups in total. The van der Waals surface area contributed by atoms with Gasteiger partial charge in [-0.1, -0.05) is 19.1 Å². The first-order chi connectivity index (χ1) is 13.4. The molecule has 0 aromatic heterocycles. The van der Waals surface area contributed by atoms with Crippen LogP contribution in [0.2, 0.25) is 0 Å². The van der Waals surface area contributed by atoms with Gasteiger partial charge in [-0.3, -0.25) is 9.59 Å². The summed E-state index contributed by atoms with van der Waals surface area (Å²) < 4.78 is 15.6. The number of methoxy groups -OCH3 is 1. The van der Waals surface area contributed by atoms with Gasteiger partial charge in [0.05, 0.1) is 12.8 Å². The van der Waals surface area contributed by atoms with Crippen LogP contribution in [0.1, 0.15) is 30.6 Å². The standard InChI is InChI=1S/C21H23NO6/c1-4-18(23)15-9-11-16(12-10-15)27-13-20(24)28-14(2)21(25)22-17-7-5-6-8-19(17)26-3/h5-12,14H,4,13H2,1-3H3,(H,22,25). The zero-order valence-corrected chi connectivity index (χ0v) is 16.1. The molecule has 0 spiro atoms. The summed E-state index contributed by atoms with van der Waals surface area (Å²) in [6.07, 6.45) is -0.591. The van der Waals surface area contributed by atoms with Crippen molar-refractivity contribution in [3.05, 3.63) is 54.1 Å². The molecule has 28 heavy (non-hydrogen) atoms. The van der Waals surface area contributed by atoms with E-state index in [-0.39, 0.29) is 12.4 Å². The quantitative estimate of drug-likeness (QED) is 0.526. The first-order valence-corrected chi connectivity index (χ1v) is 8.84. The lowest BCUT2D eigenvalue weighted by atomic mass is 10.1. The summed E-state index contributed by atoms with van der Waals surface area (Å²) in [5, 5.41) is 2.65. The van der Waals surface area contributed by atoms with Crippen molar-refractivity contribution in [1.29, 1.82) is 0 Å². The van der Waals surface area contributed by atoms with Crippen molar-refractivity contribution in [2.75, 3.05) is 19.0 Å². The number of benzene rings is 2. The van der Waals surface area contributed by atoms with Gasteiger partial charge in [0, 0.05) is 12.0 Å². The monoisotopic (exact) mass is 385 g/mol. The Morgan fingerprint density at radius 1 is 1.04 bits per heavy atom. The van der Waals surface area contributed by atoms with Gasteiger partial charge in [-0.05, 0) is 43.3 Å². The lowest BCUT2D eigenvalue weighted by molar-refractivity contribution is -0.155. The van der Waals surface area contributed by atoms with Crippen LogP contribution in [0.25, 0.3) is 0 Å². The molecule has 0 aliphatic heterocycles. The summed E-state index contributed by atoms with van der Waals surface area (Å²) in [5.74, 6) is -0.212. The topological polar surface area (TPSA) is 90.9 Å². The maximum Gasteiger partial charge on any atom is 0.344 e. The van der Waals surface area contributed by atoms with Gasteiger partial charge in [-0.25, -0.2) is 4.79 Å². The van der Waals surface area contributed by atoms with Crippen LogP contribution in [0.4, 0.5) is 5.69 Å². The molecule has 0 saturated carbocycles. The molecule has 0 bridgehead atoms. The highest BCUT2D eigenvalue weighted by Crippen LogP contribution is 2.23. The molecule has 1 unspecified atom stereocenters. The number of carbonyl (C=O) groups is 3. The number of para-hydroxylation sites is 2. The van der Waals surface area contributed by atoms with Crippen LogP contribution in [0.3, 0.4) is 0 Å².